The molecule has 0 aromatic heterocycles. The smallest absolute Gasteiger partial charge is 0.237 e. The van der Waals surface area contributed by atoms with Gasteiger partial charge in [0.2, 0.25) is 5.91 Å². The first kappa shape index (κ1) is 13.9. The lowest BCUT2D eigenvalue weighted by Crippen LogP contribution is -2.52. The van der Waals surface area contributed by atoms with E-state index in [1.165, 1.54) is 32.1 Å². The molecule has 0 N–H and O–H groups in total. The van der Waals surface area contributed by atoms with Crippen LogP contribution in [0.2, 0.25) is 0 Å². The van der Waals surface area contributed by atoms with Gasteiger partial charge in [-0.15, -0.1) is 0 Å². The maximum Gasteiger partial charge on any atom is 0.237 e. The molecule has 2 aliphatic heterocycles. The van der Waals surface area contributed by atoms with E-state index in [9.17, 15) is 4.79 Å². The molecule has 0 saturated carbocycles. The fourth-order valence-corrected chi connectivity index (χ4v) is 3.62. The lowest BCUT2D eigenvalue weighted by molar-refractivity contribution is -0.138. The van der Waals surface area contributed by atoms with Crippen LogP contribution in [0.25, 0.3) is 0 Å². The van der Waals surface area contributed by atoms with Crippen LogP contribution in [-0.4, -0.2) is 47.4 Å². The van der Waals surface area contributed by atoms with Crippen LogP contribution < -0.4 is 0 Å². The summed E-state index contributed by atoms with van der Waals surface area (Å²) in [7, 11) is 0. The van der Waals surface area contributed by atoms with Crippen LogP contribution >= 0.6 is 0 Å². The highest BCUT2D eigenvalue weighted by molar-refractivity contribution is 5.79. The van der Waals surface area contributed by atoms with Crippen molar-refractivity contribution in [1.29, 1.82) is 0 Å². The van der Waals surface area contributed by atoms with Crippen molar-refractivity contribution < 1.29 is 4.79 Å². The van der Waals surface area contributed by atoms with Gasteiger partial charge in [0.15, 0.2) is 0 Å². The molecule has 18 heavy (non-hydrogen) atoms. The fraction of sp³-hybridized carbons (Fsp3) is 0.933. The van der Waals surface area contributed by atoms with Crippen LogP contribution in [0.3, 0.4) is 0 Å². The largest absolute Gasteiger partial charge is 0.336 e. The summed E-state index contributed by atoms with van der Waals surface area (Å²) in [4.78, 5) is 17.0. The molecule has 0 aliphatic carbocycles. The fourth-order valence-electron chi connectivity index (χ4n) is 3.62. The minimum atomic E-state index is 0.351. The number of hydrogen-bond acceptors (Lipinski definition) is 2. The topological polar surface area (TPSA) is 23.6 Å². The summed E-state index contributed by atoms with van der Waals surface area (Å²) in [6.07, 6.45) is 6.19. The number of nitrogens with zero attached hydrogens (tertiary/aromatic N) is 2. The molecule has 0 aromatic carbocycles. The number of rotatable bonds is 2. The Balaban J connectivity index is 1.89. The van der Waals surface area contributed by atoms with Gasteiger partial charge in [-0.25, -0.2) is 0 Å². The predicted molar refractivity (Wildman–Crippen MR) is 74.5 cm³/mol. The van der Waals surface area contributed by atoms with Crippen molar-refractivity contribution in [3.8, 4) is 0 Å². The number of likely N-dealkylation sites (tertiary alicyclic amines) is 2. The first-order valence-corrected chi connectivity index (χ1v) is 7.61. The minimum absolute atomic E-state index is 0.351. The van der Waals surface area contributed by atoms with Gasteiger partial charge in [-0.05, 0) is 58.4 Å². The van der Waals surface area contributed by atoms with Gasteiger partial charge in [0.25, 0.3) is 0 Å². The molecule has 0 aromatic rings. The summed E-state index contributed by atoms with van der Waals surface area (Å²) in [6, 6.07) is 0.868. The van der Waals surface area contributed by atoms with Crippen molar-refractivity contribution in [1.82, 2.24) is 9.80 Å². The maximum atomic E-state index is 12.5. The van der Waals surface area contributed by atoms with E-state index in [2.05, 4.69) is 30.6 Å². The second-order valence-corrected chi connectivity index (χ2v) is 6.41. The van der Waals surface area contributed by atoms with Gasteiger partial charge in [-0.1, -0.05) is 6.92 Å². The normalized spacial score (nSPS) is 34.6. The molecule has 2 rings (SSSR count). The summed E-state index contributed by atoms with van der Waals surface area (Å²) in [5.41, 5.74) is 0. The van der Waals surface area contributed by atoms with E-state index in [1.54, 1.807) is 0 Å². The molecule has 2 heterocycles. The van der Waals surface area contributed by atoms with Crippen LogP contribution in [-0.2, 0) is 4.79 Å². The van der Waals surface area contributed by atoms with Crippen molar-refractivity contribution in [3.63, 3.8) is 0 Å². The average Bonchev–Trinajstić information content (AvgIpc) is 2.28. The quantitative estimate of drug-likeness (QED) is 0.754. The third kappa shape index (κ3) is 3.25. The molecule has 0 bridgehead atoms. The van der Waals surface area contributed by atoms with E-state index >= 15 is 0 Å². The zero-order valence-electron chi connectivity index (χ0n) is 12.2. The number of carbonyl (C=O) groups is 1. The second-order valence-electron chi connectivity index (χ2n) is 6.41. The van der Waals surface area contributed by atoms with E-state index in [-0.39, 0.29) is 0 Å². The van der Waals surface area contributed by atoms with Crippen LogP contribution in [0.5, 0.6) is 0 Å². The van der Waals surface area contributed by atoms with Crippen molar-refractivity contribution >= 4 is 5.91 Å². The number of carbonyl (C=O) groups excluding carboxylic acids is 1. The molecule has 104 valence electrons. The summed E-state index contributed by atoms with van der Waals surface area (Å²) in [6.45, 7) is 9.54. The lowest BCUT2D eigenvalue weighted by Gasteiger charge is -2.41. The van der Waals surface area contributed by atoms with Crippen molar-refractivity contribution in [3.05, 3.63) is 0 Å². The van der Waals surface area contributed by atoms with Gasteiger partial charge in [-0.3, -0.25) is 9.69 Å². The monoisotopic (exact) mass is 252 g/mol. The Bertz CT molecular complexity index is 282. The number of amides is 1. The van der Waals surface area contributed by atoms with E-state index in [0.717, 1.165) is 19.0 Å². The predicted octanol–water partition coefficient (Wildman–Crippen LogP) is 2.51. The van der Waals surface area contributed by atoms with E-state index in [4.69, 9.17) is 0 Å². The third-order valence-electron chi connectivity index (χ3n) is 4.58. The summed E-state index contributed by atoms with van der Waals surface area (Å²) >= 11 is 0. The maximum absolute atomic E-state index is 12.5. The van der Waals surface area contributed by atoms with Crippen molar-refractivity contribution in [2.45, 2.75) is 65.0 Å². The van der Waals surface area contributed by atoms with Crippen LogP contribution in [0.15, 0.2) is 0 Å². The Morgan fingerprint density at radius 3 is 2.33 bits per heavy atom. The van der Waals surface area contributed by atoms with Crippen LogP contribution in [0.1, 0.15) is 52.9 Å². The second kappa shape index (κ2) is 6.05. The van der Waals surface area contributed by atoms with E-state index in [0.29, 0.717) is 24.5 Å². The Labute approximate surface area is 112 Å². The Morgan fingerprint density at radius 1 is 1.06 bits per heavy atom. The number of piperidine rings is 2. The Hall–Kier alpha value is -0.570. The summed E-state index contributed by atoms with van der Waals surface area (Å²) in [5, 5.41) is 0. The Morgan fingerprint density at radius 2 is 1.72 bits per heavy atom. The molecule has 3 nitrogen and oxygen atoms in total. The molecule has 3 unspecified atom stereocenters. The molecule has 3 atom stereocenters. The van der Waals surface area contributed by atoms with Gasteiger partial charge < -0.3 is 4.90 Å². The highest BCUT2D eigenvalue weighted by Crippen LogP contribution is 2.23. The molecule has 2 aliphatic rings. The van der Waals surface area contributed by atoms with Crippen molar-refractivity contribution in [2.24, 2.45) is 5.92 Å². The highest BCUT2D eigenvalue weighted by Gasteiger charge is 2.30. The van der Waals surface area contributed by atoms with Gasteiger partial charge in [0, 0.05) is 18.6 Å². The highest BCUT2D eigenvalue weighted by atomic mass is 16.2. The first-order valence-electron chi connectivity index (χ1n) is 7.61. The number of hydrogen-bond donors (Lipinski definition) is 0. The first-order chi connectivity index (χ1) is 8.58. The van der Waals surface area contributed by atoms with Crippen LogP contribution in [0, 0.1) is 5.92 Å². The molecule has 1 amide bonds. The molecular formula is C15H28N2O. The van der Waals surface area contributed by atoms with Crippen LogP contribution in [0.4, 0.5) is 0 Å². The third-order valence-corrected chi connectivity index (χ3v) is 4.58. The molecule has 2 fully saturated rings. The zero-order valence-corrected chi connectivity index (χ0v) is 12.2. The molecule has 0 spiro atoms. The summed E-state index contributed by atoms with van der Waals surface area (Å²) < 4.78 is 0. The van der Waals surface area contributed by atoms with Gasteiger partial charge in [-0.2, -0.15) is 0 Å². The molecule has 3 heteroatoms. The minimum Gasteiger partial charge on any atom is -0.336 e. The van der Waals surface area contributed by atoms with Gasteiger partial charge >= 0.3 is 0 Å². The molecule has 2 saturated heterocycles. The van der Waals surface area contributed by atoms with Gasteiger partial charge in [0.05, 0.1) is 6.54 Å². The molecule has 0 radical (unpaired) electrons. The zero-order chi connectivity index (χ0) is 13.1. The lowest BCUT2D eigenvalue weighted by atomic mass is 9.97. The summed E-state index contributed by atoms with van der Waals surface area (Å²) in [5.74, 6) is 1.10. The SMILES string of the molecule is CC1CCCN(CC(=O)N2C(C)CCCC2C)C1. The van der Waals surface area contributed by atoms with Gasteiger partial charge in [0.1, 0.15) is 0 Å². The average molecular weight is 252 g/mol. The standard InChI is InChI=1S/C15H28N2O/c1-12-6-5-9-16(10-12)11-15(18)17-13(2)7-4-8-14(17)3/h12-14H,4-11H2,1-3H3. The van der Waals surface area contributed by atoms with E-state index in [1.807, 2.05) is 0 Å². The Kier molecular flexibility index (Phi) is 4.66. The van der Waals surface area contributed by atoms with E-state index < -0.39 is 0 Å². The van der Waals surface area contributed by atoms with Crippen molar-refractivity contribution in [2.75, 3.05) is 19.6 Å². The molecular weight excluding hydrogens is 224 g/mol.